The Bertz CT molecular complexity index is 1090. The number of carbonyl (C=O) groups excluding carboxylic acids is 1. The molecule has 0 saturated heterocycles. The summed E-state index contributed by atoms with van der Waals surface area (Å²) in [7, 11) is -4.14. The number of carbonyl (C=O) groups is 1. The highest BCUT2D eigenvalue weighted by Crippen LogP contribution is 2.35. The number of hydrogen-bond acceptors (Lipinski definition) is 4. The number of amides is 1. The van der Waals surface area contributed by atoms with Crippen molar-refractivity contribution in [1.29, 1.82) is 0 Å². The van der Waals surface area contributed by atoms with Crippen LogP contribution in [-0.2, 0) is 27.1 Å². The average Bonchev–Trinajstić information content (AvgIpc) is 2.70. The van der Waals surface area contributed by atoms with Crippen LogP contribution in [0.4, 0.5) is 28.0 Å². The maximum atomic E-state index is 14.1. The van der Waals surface area contributed by atoms with Gasteiger partial charge in [0, 0.05) is 29.1 Å². The summed E-state index contributed by atoms with van der Waals surface area (Å²) in [6, 6.07) is 4.78. The summed E-state index contributed by atoms with van der Waals surface area (Å²) >= 11 is 1.10. The summed E-state index contributed by atoms with van der Waals surface area (Å²) < 4.78 is 80.7. The minimum atomic E-state index is -4.14. The zero-order chi connectivity index (χ0) is 22.2. The SMILES string of the molecule is CCCN1C(=O)SCc2cc(CS(=O)(=O)Cc3c(F)c(F)c(C)c(F)c3F)ccc21. The van der Waals surface area contributed by atoms with Crippen LogP contribution < -0.4 is 4.90 Å². The summed E-state index contributed by atoms with van der Waals surface area (Å²) in [5, 5.41) is -0.0842. The van der Waals surface area contributed by atoms with Crippen molar-refractivity contribution in [3.05, 3.63) is 63.7 Å². The van der Waals surface area contributed by atoms with Crippen LogP contribution >= 0.6 is 11.8 Å². The molecule has 0 aliphatic carbocycles. The first-order chi connectivity index (χ1) is 14.1. The van der Waals surface area contributed by atoms with E-state index in [1.807, 2.05) is 6.92 Å². The van der Waals surface area contributed by atoms with Crippen molar-refractivity contribution in [2.24, 2.45) is 0 Å². The molecule has 0 spiro atoms. The predicted molar refractivity (Wildman–Crippen MR) is 108 cm³/mol. The van der Waals surface area contributed by atoms with Crippen LogP contribution in [0.5, 0.6) is 0 Å². The fourth-order valence-electron chi connectivity index (χ4n) is 3.30. The first kappa shape index (κ1) is 22.6. The lowest BCUT2D eigenvalue weighted by atomic mass is 10.1. The van der Waals surface area contributed by atoms with E-state index in [1.54, 1.807) is 17.0 Å². The molecule has 162 valence electrons. The highest BCUT2D eigenvalue weighted by atomic mass is 32.2. The standard InChI is InChI=1S/C20H19F4NO3S2/c1-3-6-25-15-5-4-12(7-13(15)8-29-20(25)26)9-30(27,28)10-14-18(23)16(21)11(2)17(22)19(14)24/h4-5,7H,3,6,8-10H2,1-2H3. The molecule has 4 nitrogen and oxygen atoms in total. The maximum Gasteiger partial charge on any atom is 0.286 e. The van der Waals surface area contributed by atoms with E-state index in [2.05, 4.69) is 0 Å². The lowest BCUT2D eigenvalue weighted by Crippen LogP contribution is -2.31. The Balaban J connectivity index is 1.88. The molecular formula is C20H19F4NO3S2. The van der Waals surface area contributed by atoms with Gasteiger partial charge in [0.25, 0.3) is 5.24 Å². The fourth-order valence-corrected chi connectivity index (χ4v) is 5.64. The van der Waals surface area contributed by atoms with Crippen molar-refractivity contribution in [2.45, 2.75) is 37.5 Å². The van der Waals surface area contributed by atoms with Crippen LogP contribution in [0.2, 0.25) is 0 Å². The molecule has 3 rings (SSSR count). The van der Waals surface area contributed by atoms with Crippen molar-refractivity contribution >= 4 is 32.5 Å². The van der Waals surface area contributed by atoms with Gasteiger partial charge in [0.1, 0.15) is 0 Å². The summed E-state index contributed by atoms with van der Waals surface area (Å²) in [6.45, 7) is 3.33. The summed E-state index contributed by atoms with van der Waals surface area (Å²) in [4.78, 5) is 13.7. The molecule has 0 unspecified atom stereocenters. The minimum absolute atomic E-state index is 0.0842. The second-order valence-electron chi connectivity index (χ2n) is 7.06. The first-order valence-corrected chi connectivity index (χ1v) is 11.9. The Labute approximate surface area is 176 Å². The molecule has 30 heavy (non-hydrogen) atoms. The van der Waals surface area contributed by atoms with Crippen LogP contribution in [-0.4, -0.2) is 20.2 Å². The monoisotopic (exact) mass is 461 g/mol. The van der Waals surface area contributed by atoms with Crippen LogP contribution in [0.3, 0.4) is 0 Å². The zero-order valence-corrected chi connectivity index (χ0v) is 17.9. The Morgan fingerprint density at radius 2 is 1.67 bits per heavy atom. The van der Waals surface area contributed by atoms with Crippen molar-refractivity contribution in [2.75, 3.05) is 11.4 Å². The average molecular weight is 462 g/mol. The molecule has 0 fully saturated rings. The van der Waals surface area contributed by atoms with E-state index >= 15 is 0 Å². The highest BCUT2D eigenvalue weighted by molar-refractivity contribution is 8.13. The van der Waals surface area contributed by atoms with Crippen molar-refractivity contribution in [3.63, 3.8) is 0 Å². The number of benzene rings is 2. The van der Waals surface area contributed by atoms with Gasteiger partial charge in [0.15, 0.2) is 33.1 Å². The molecule has 1 amide bonds. The molecule has 2 aromatic rings. The van der Waals surface area contributed by atoms with Gasteiger partial charge >= 0.3 is 0 Å². The van der Waals surface area contributed by atoms with E-state index in [4.69, 9.17) is 0 Å². The Kier molecular flexibility index (Phi) is 6.47. The van der Waals surface area contributed by atoms with Crippen LogP contribution in [0, 0.1) is 30.2 Å². The lowest BCUT2D eigenvalue weighted by molar-refractivity contribution is 0.264. The summed E-state index contributed by atoms with van der Waals surface area (Å²) in [5.41, 5.74) is -0.172. The van der Waals surface area contributed by atoms with E-state index < -0.39 is 55.7 Å². The molecule has 1 aliphatic heterocycles. The van der Waals surface area contributed by atoms with Gasteiger partial charge < -0.3 is 4.90 Å². The second kappa shape index (κ2) is 8.58. The first-order valence-electron chi connectivity index (χ1n) is 9.13. The number of fused-ring (bicyclic) bond motifs is 1. The van der Waals surface area contributed by atoms with Gasteiger partial charge in [0.05, 0.1) is 11.5 Å². The van der Waals surface area contributed by atoms with Gasteiger partial charge in [-0.25, -0.2) is 26.0 Å². The maximum absolute atomic E-state index is 14.1. The predicted octanol–water partition coefficient (Wildman–Crippen LogP) is 5.25. The zero-order valence-electron chi connectivity index (χ0n) is 16.3. The van der Waals surface area contributed by atoms with Gasteiger partial charge in [0.2, 0.25) is 0 Å². The Morgan fingerprint density at radius 1 is 1.03 bits per heavy atom. The third-order valence-electron chi connectivity index (χ3n) is 4.78. The van der Waals surface area contributed by atoms with Gasteiger partial charge in [-0.05, 0) is 30.5 Å². The number of nitrogens with zero attached hydrogens (tertiary/aromatic N) is 1. The van der Waals surface area contributed by atoms with Gasteiger partial charge in [-0.2, -0.15) is 0 Å². The molecule has 0 aromatic heterocycles. The van der Waals surface area contributed by atoms with E-state index in [9.17, 15) is 30.8 Å². The molecule has 0 atom stereocenters. The quantitative estimate of drug-likeness (QED) is 0.436. The normalized spacial score (nSPS) is 14.2. The Hall–Kier alpha value is -2.07. The molecule has 0 bridgehead atoms. The molecular weight excluding hydrogens is 442 g/mol. The van der Waals surface area contributed by atoms with Crippen LogP contribution in [0.25, 0.3) is 0 Å². The van der Waals surface area contributed by atoms with E-state index in [0.29, 0.717) is 23.5 Å². The van der Waals surface area contributed by atoms with Crippen molar-refractivity contribution in [1.82, 2.24) is 0 Å². The molecule has 1 heterocycles. The lowest BCUT2D eigenvalue weighted by Gasteiger charge is -2.28. The number of rotatable bonds is 6. The molecule has 0 radical (unpaired) electrons. The summed E-state index contributed by atoms with van der Waals surface area (Å²) in [6.07, 6.45) is 0.753. The number of anilines is 1. The van der Waals surface area contributed by atoms with E-state index in [-0.39, 0.29) is 5.24 Å². The van der Waals surface area contributed by atoms with Crippen molar-refractivity contribution < 1.29 is 30.8 Å². The van der Waals surface area contributed by atoms with Gasteiger partial charge in [-0.3, -0.25) is 4.79 Å². The fraction of sp³-hybridized carbons (Fsp3) is 0.350. The largest absolute Gasteiger partial charge is 0.303 e. The second-order valence-corrected chi connectivity index (χ2v) is 10.1. The van der Waals surface area contributed by atoms with E-state index in [1.165, 1.54) is 6.07 Å². The number of sulfone groups is 1. The number of halogens is 4. The molecule has 0 saturated carbocycles. The minimum Gasteiger partial charge on any atom is -0.303 e. The van der Waals surface area contributed by atoms with Crippen molar-refractivity contribution in [3.8, 4) is 0 Å². The summed E-state index contributed by atoms with van der Waals surface area (Å²) in [5.74, 6) is -7.99. The third kappa shape index (κ3) is 4.34. The van der Waals surface area contributed by atoms with Gasteiger partial charge in [-0.15, -0.1) is 0 Å². The Morgan fingerprint density at radius 3 is 2.27 bits per heavy atom. The highest BCUT2D eigenvalue weighted by Gasteiger charge is 2.28. The van der Waals surface area contributed by atoms with Gasteiger partial charge in [-0.1, -0.05) is 30.8 Å². The third-order valence-corrected chi connectivity index (χ3v) is 7.20. The smallest absolute Gasteiger partial charge is 0.286 e. The van der Waals surface area contributed by atoms with Crippen LogP contribution in [0.1, 0.15) is 35.6 Å². The molecule has 10 heteroatoms. The molecule has 1 aliphatic rings. The van der Waals surface area contributed by atoms with Crippen LogP contribution in [0.15, 0.2) is 18.2 Å². The topological polar surface area (TPSA) is 54.5 Å². The number of thioether (sulfide) groups is 1. The number of hydrogen-bond donors (Lipinski definition) is 0. The molecule has 2 aromatic carbocycles. The molecule has 0 N–H and O–H groups in total. The van der Waals surface area contributed by atoms with E-state index in [0.717, 1.165) is 30.7 Å².